The van der Waals surface area contributed by atoms with E-state index in [1.165, 1.54) is 30.2 Å². The molecule has 3 aromatic rings. The molecule has 0 bridgehead atoms. The Morgan fingerprint density at radius 1 is 0.952 bits per heavy atom. The standard InChI is InChI=1S/C31H37Cl2N3O5S/c1-6-27(31(38)34-18-21(2)3)35(19-23-9-11-24(32)12-10-23)30(37)20-36(28-17-25(33)13-16-29(28)41-5)42(39,40)26-14-7-22(4)8-15-26/h7-17,21,27H,6,18-20H2,1-5H3,(H,34,38)/t27-/m1/s1. The zero-order chi connectivity index (χ0) is 31.0. The Hall–Kier alpha value is -3.27. The molecule has 11 heteroatoms. The van der Waals surface area contributed by atoms with Crippen molar-refractivity contribution in [1.82, 2.24) is 10.2 Å². The number of ether oxygens (including phenoxy) is 1. The van der Waals surface area contributed by atoms with Crippen LogP contribution < -0.4 is 14.4 Å². The van der Waals surface area contributed by atoms with Crippen molar-refractivity contribution in [2.75, 3.05) is 24.5 Å². The van der Waals surface area contributed by atoms with Crippen LogP contribution >= 0.6 is 23.2 Å². The van der Waals surface area contributed by atoms with Crippen LogP contribution in [0.3, 0.4) is 0 Å². The highest BCUT2D eigenvalue weighted by Crippen LogP contribution is 2.35. The van der Waals surface area contributed by atoms with Crippen LogP contribution in [0.15, 0.2) is 71.6 Å². The van der Waals surface area contributed by atoms with Gasteiger partial charge in [0.1, 0.15) is 18.3 Å². The lowest BCUT2D eigenvalue weighted by Gasteiger charge is -2.33. The number of methoxy groups -OCH3 is 1. The molecule has 8 nitrogen and oxygen atoms in total. The first kappa shape index (κ1) is 33.2. The first-order valence-corrected chi connectivity index (χ1v) is 15.8. The van der Waals surface area contributed by atoms with Crippen LogP contribution in [0, 0.1) is 12.8 Å². The van der Waals surface area contributed by atoms with Gasteiger partial charge in [-0.2, -0.15) is 0 Å². The molecule has 0 radical (unpaired) electrons. The van der Waals surface area contributed by atoms with E-state index < -0.39 is 28.5 Å². The van der Waals surface area contributed by atoms with Gasteiger partial charge >= 0.3 is 0 Å². The molecular formula is C31H37Cl2N3O5S. The third kappa shape index (κ3) is 8.40. The number of anilines is 1. The van der Waals surface area contributed by atoms with Gasteiger partial charge in [0.05, 0.1) is 17.7 Å². The molecule has 0 aromatic heterocycles. The maximum atomic E-state index is 14.2. The molecule has 42 heavy (non-hydrogen) atoms. The number of hydrogen-bond donors (Lipinski definition) is 1. The fraction of sp³-hybridized carbons (Fsp3) is 0.355. The summed E-state index contributed by atoms with van der Waals surface area (Å²) < 4.78 is 34.6. The summed E-state index contributed by atoms with van der Waals surface area (Å²) >= 11 is 12.4. The molecule has 0 aliphatic carbocycles. The zero-order valence-electron chi connectivity index (χ0n) is 24.4. The average Bonchev–Trinajstić information content (AvgIpc) is 2.95. The summed E-state index contributed by atoms with van der Waals surface area (Å²) in [4.78, 5) is 28.9. The summed E-state index contributed by atoms with van der Waals surface area (Å²) in [6, 6.07) is 17.0. The van der Waals surface area contributed by atoms with E-state index in [2.05, 4.69) is 5.32 Å². The lowest BCUT2D eigenvalue weighted by molar-refractivity contribution is -0.140. The molecule has 0 unspecified atom stereocenters. The molecule has 0 saturated carbocycles. The minimum Gasteiger partial charge on any atom is -0.495 e. The Kier molecular flexibility index (Phi) is 11.7. The van der Waals surface area contributed by atoms with Crippen molar-refractivity contribution in [1.29, 1.82) is 0 Å². The largest absolute Gasteiger partial charge is 0.495 e. The molecule has 0 spiro atoms. The van der Waals surface area contributed by atoms with Gasteiger partial charge in [0.15, 0.2) is 0 Å². The molecule has 0 saturated heterocycles. The number of carbonyl (C=O) groups is 2. The van der Waals surface area contributed by atoms with E-state index in [-0.39, 0.29) is 39.7 Å². The molecule has 226 valence electrons. The van der Waals surface area contributed by atoms with E-state index in [4.69, 9.17) is 27.9 Å². The Morgan fingerprint density at radius 2 is 1.57 bits per heavy atom. The Bertz CT molecular complexity index is 1480. The van der Waals surface area contributed by atoms with Gasteiger partial charge in [-0.25, -0.2) is 8.42 Å². The third-order valence-corrected chi connectivity index (χ3v) is 8.90. The van der Waals surface area contributed by atoms with Gasteiger partial charge in [-0.15, -0.1) is 0 Å². The van der Waals surface area contributed by atoms with Crippen LogP contribution in [-0.2, 0) is 26.2 Å². The van der Waals surface area contributed by atoms with Gasteiger partial charge in [-0.3, -0.25) is 13.9 Å². The predicted molar refractivity (Wildman–Crippen MR) is 168 cm³/mol. The van der Waals surface area contributed by atoms with E-state index in [1.807, 2.05) is 27.7 Å². The highest BCUT2D eigenvalue weighted by Gasteiger charge is 2.35. The van der Waals surface area contributed by atoms with Crippen molar-refractivity contribution in [3.05, 3.63) is 87.9 Å². The van der Waals surface area contributed by atoms with Gasteiger partial charge in [0.2, 0.25) is 11.8 Å². The third-order valence-electron chi connectivity index (χ3n) is 6.63. The Labute approximate surface area is 258 Å². The second-order valence-corrected chi connectivity index (χ2v) is 13.1. The maximum Gasteiger partial charge on any atom is 0.264 e. The van der Waals surface area contributed by atoms with Crippen LogP contribution in [0.25, 0.3) is 0 Å². The molecule has 0 heterocycles. The number of rotatable bonds is 13. The summed E-state index contributed by atoms with van der Waals surface area (Å²) in [5, 5.41) is 3.71. The SMILES string of the molecule is CC[C@H](C(=O)NCC(C)C)N(Cc1ccc(Cl)cc1)C(=O)CN(c1cc(Cl)ccc1OC)S(=O)(=O)c1ccc(C)cc1. The fourth-order valence-electron chi connectivity index (χ4n) is 4.34. The van der Waals surface area contributed by atoms with Gasteiger partial charge in [0.25, 0.3) is 10.0 Å². The van der Waals surface area contributed by atoms with Crippen molar-refractivity contribution in [3.8, 4) is 5.75 Å². The summed E-state index contributed by atoms with van der Waals surface area (Å²) in [5.74, 6) is -0.470. The highest BCUT2D eigenvalue weighted by molar-refractivity contribution is 7.92. The second-order valence-electron chi connectivity index (χ2n) is 10.4. The van der Waals surface area contributed by atoms with E-state index in [0.29, 0.717) is 18.0 Å². The number of sulfonamides is 1. The number of hydrogen-bond acceptors (Lipinski definition) is 5. The molecule has 2 amide bonds. The molecule has 0 aliphatic rings. The van der Waals surface area contributed by atoms with Crippen molar-refractivity contribution >= 4 is 50.7 Å². The lowest BCUT2D eigenvalue weighted by atomic mass is 10.1. The number of aryl methyl sites for hydroxylation is 1. The number of nitrogens with zero attached hydrogens (tertiary/aromatic N) is 2. The van der Waals surface area contributed by atoms with E-state index in [1.54, 1.807) is 48.5 Å². The zero-order valence-corrected chi connectivity index (χ0v) is 26.8. The molecule has 3 rings (SSSR count). The Morgan fingerprint density at radius 3 is 2.14 bits per heavy atom. The summed E-state index contributed by atoms with van der Waals surface area (Å²) in [5.41, 5.74) is 1.71. The summed E-state index contributed by atoms with van der Waals surface area (Å²) in [6.07, 6.45) is 0.314. The normalized spacial score (nSPS) is 12.1. The minimum atomic E-state index is -4.27. The van der Waals surface area contributed by atoms with Crippen molar-refractivity contribution in [2.45, 2.75) is 51.6 Å². The second kappa shape index (κ2) is 14.8. The molecule has 0 aliphatic heterocycles. The quantitative estimate of drug-likeness (QED) is 0.246. The molecular weight excluding hydrogens is 597 g/mol. The number of halogens is 2. The fourth-order valence-corrected chi connectivity index (χ4v) is 6.05. The van der Waals surface area contributed by atoms with Crippen LogP contribution in [0.5, 0.6) is 5.75 Å². The first-order chi connectivity index (χ1) is 19.9. The molecule has 0 fully saturated rings. The maximum absolute atomic E-state index is 14.2. The van der Waals surface area contributed by atoms with E-state index in [0.717, 1.165) is 15.4 Å². The average molecular weight is 635 g/mol. The van der Waals surface area contributed by atoms with Crippen LogP contribution in [0.1, 0.15) is 38.3 Å². The lowest BCUT2D eigenvalue weighted by Crippen LogP contribution is -2.52. The van der Waals surface area contributed by atoms with Crippen LogP contribution in [-0.4, -0.2) is 51.4 Å². The molecule has 1 atom stereocenters. The summed E-state index contributed by atoms with van der Waals surface area (Å²) in [6.45, 7) is 7.51. The molecule has 1 N–H and O–H groups in total. The Balaban J connectivity index is 2.11. The first-order valence-electron chi connectivity index (χ1n) is 13.6. The van der Waals surface area contributed by atoms with Gasteiger partial charge in [0, 0.05) is 23.1 Å². The van der Waals surface area contributed by atoms with Gasteiger partial charge in [-0.1, -0.05) is 73.8 Å². The van der Waals surface area contributed by atoms with Gasteiger partial charge < -0.3 is 15.0 Å². The van der Waals surface area contributed by atoms with Crippen molar-refractivity contribution in [3.63, 3.8) is 0 Å². The van der Waals surface area contributed by atoms with Crippen LogP contribution in [0.4, 0.5) is 5.69 Å². The minimum absolute atomic E-state index is 0.00565. The van der Waals surface area contributed by atoms with E-state index >= 15 is 0 Å². The topological polar surface area (TPSA) is 96.0 Å². The van der Waals surface area contributed by atoms with Crippen molar-refractivity contribution in [2.24, 2.45) is 5.92 Å². The van der Waals surface area contributed by atoms with E-state index in [9.17, 15) is 18.0 Å². The number of amides is 2. The van der Waals surface area contributed by atoms with Crippen molar-refractivity contribution < 1.29 is 22.7 Å². The highest BCUT2D eigenvalue weighted by atomic mass is 35.5. The molecule has 3 aromatic carbocycles. The number of benzene rings is 3. The number of carbonyl (C=O) groups excluding carboxylic acids is 2. The van der Waals surface area contributed by atoms with Gasteiger partial charge in [-0.05, 0) is 67.3 Å². The smallest absolute Gasteiger partial charge is 0.264 e. The van der Waals surface area contributed by atoms with Crippen LogP contribution in [0.2, 0.25) is 10.0 Å². The monoisotopic (exact) mass is 633 g/mol. The predicted octanol–water partition coefficient (Wildman–Crippen LogP) is 6.09. The summed E-state index contributed by atoms with van der Waals surface area (Å²) in [7, 11) is -2.87. The number of nitrogens with one attached hydrogen (secondary N) is 1.